The summed E-state index contributed by atoms with van der Waals surface area (Å²) in [5.41, 5.74) is 0.144. The SMILES string of the molecule is CCCn1ncc(Br)c1C(=O)c1ncccc1F. The molecular formula is C12H11BrFN3O. The lowest BCUT2D eigenvalue weighted by Crippen LogP contribution is -2.14. The van der Waals surface area contributed by atoms with Gasteiger partial charge in [0.2, 0.25) is 5.78 Å². The van der Waals surface area contributed by atoms with Gasteiger partial charge in [-0.25, -0.2) is 9.37 Å². The predicted octanol–water partition coefficient (Wildman–Crippen LogP) is 2.82. The largest absolute Gasteiger partial charge is 0.285 e. The van der Waals surface area contributed by atoms with Crippen LogP contribution in [0.5, 0.6) is 0 Å². The van der Waals surface area contributed by atoms with E-state index in [0.717, 1.165) is 6.42 Å². The number of pyridine rings is 1. The van der Waals surface area contributed by atoms with E-state index >= 15 is 0 Å². The average Bonchev–Trinajstić information content (AvgIpc) is 2.71. The fraction of sp³-hybridized carbons (Fsp3) is 0.250. The van der Waals surface area contributed by atoms with Gasteiger partial charge in [0.1, 0.15) is 11.4 Å². The van der Waals surface area contributed by atoms with Crippen LogP contribution in [-0.4, -0.2) is 20.5 Å². The minimum absolute atomic E-state index is 0.184. The van der Waals surface area contributed by atoms with Gasteiger partial charge in [0.15, 0.2) is 5.82 Å². The molecule has 18 heavy (non-hydrogen) atoms. The van der Waals surface area contributed by atoms with Crippen LogP contribution in [0.4, 0.5) is 4.39 Å². The van der Waals surface area contributed by atoms with Gasteiger partial charge < -0.3 is 0 Å². The van der Waals surface area contributed by atoms with E-state index in [-0.39, 0.29) is 5.69 Å². The first kappa shape index (κ1) is 12.9. The molecule has 2 aromatic heterocycles. The lowest BCUT2D eigenvalue weighted by molar-refractivity contribution is 0.101. The van der Waals surface area contributed by atoms with Crippen molar-refractivity contribution in [3.05, 3.63) is 46.2 Å². The summed E-state index contributed by atoms with van der Waals surface area (Å²) in [6, 6.07) is 2.67. The Kier molecular flexibility index (Phi) is 3.86. The highest BCUT2D eigenvalue weighted by molar-refractivity contribution is 9.10. The number of rotatable bonds is 4. The molecule has 2 aromatic rings. The molecule has 2 rings (SSSR count). The van der Waals surface area contributed by atoms with E-state index in [4.69, 9.17) is 0 Å². The van der Waals surface area contributed by atoms with Crippen molar-refractivity contribution in [1.29, 1.82) is 0 Å². The van der Waals surface area contributed by atoms with Gasteiger partial charge in [0.05, 0.1) is 10.7 Å². The Morgan fingerprint density at radius 1 is 1.56 bits per heavy atom. The number of carbonyl (C=O) groups excluding carboxylic acids is 1. The van der Waals surface area contributed by atoms with Crippen molar-refractivity contribution in [3.8, 4) is 0 Å². The predicted molar refractivity (Wildman–Crippen MR) is 67.8 cm³/mol. The molecule has 0 saturated heterocycles. The van der Waals surface area contributed by atoms with Crippen LogP contribution in [0.15, 0.2) is 29.0 Å². The van der Waals surface area contributed by atoms with E-state index in [0.29, 0.717) is 16.7 Å². The highest BCUT2D eigenvalue weighted by atomic mass is 79.9. The average molecular weight is 312 g/mol. The first-order valence-corrected chi connectivity index (χ1v) is 6.31. The summed E-state index contributed by atoms with van der Waals surface area (Å²) in [5.74, 6) is -1.09. The van der Waals surface area contributed by atoms with Crippen LogP contribution in [0.25, 0.3) is 0 Å². The lowest BCUT2D eigenvalue weighted by atomic mass is 10.2. The second kappa shape index (κ2) is 5.39. The minimum atomic E-state index is -0.626. The van der Waals surface area contributed by atoms with Gasteiger partial charge >= 0.3 is 0 Å². The zero-order valence-electron chi connectivity index (χ0n) is 9.73. The Hall–Kier alpha value is -1.56. The molecule has 0 aliphatic heterocycles. The number of aryl methyl sites for hydroxylation is 1. The molecule has 94 valence electrons. The van der Waals surface area contributed by atoms with Crippen molar-refractivity contribution >= 4 is 21.7 Å². The maximum atomic E-state index is 13.6. The maximum Gasteiger partial charge on any atom is 0.233 e. The standard InChI is InChI=1S/C12H11BrFN3O/c1-2-6-17-11(8(13)7-16-17)12(18)10-9(14)4-3-5-15-10/h3-5,7H,2,6H2,1H3. The molecule has 0 aliphatic carbocycles. The molecule has 4 nitrogen and oxygen atoms in total. The molecule has 0 aliphatic rings. The summed E-state index contributed by atoms with van der Waals surface area (Å²) in [4.78, 5) is 16.0. The van der Waals surface area contributed by atoms with Crippen molar-refractivity contribution in [2.75, 3.05) is 0 Å². The molecule has 0 unspecified atom stereocenters. The summed E-state index contributed by atoms with van der Waals surface area (Å²) in [6.45, 7) is 2.58. The molecule has 0 fully saturated rings. The topological polar surface area (TPSA) is 47.8 Å². The Labute approximate surface area is 112 Å². The number of hydrogen-bond acceptors (Lipinski definition) is 3. The highest BCUT2D eigenvalue weighted by Crippen LogP contribution is 2.20. The molecule has 0 saturated carbocycles. The van der Waals surface area contributed by atoms with Gasteiger partial charge in [-0.05, 0) is 34.5 Å². The molecule has 2 heterocycles. The van der Waals surface area contributed by atoms with E-state index in [1.807, 2.05) is 6.92 Å². The first-order valence-electron chi connectivity index (χ1n) is 5.51. The van der Waals surface area contributed by atoms with Gasteiger partial charge in [-0.15, -0.1) is 0 Å². The van der Waals surface area contributed by atoms with Crippen LogP contribution in [0.1, 0.15) is 29.5 Å². The lowest BCUT2D eigenvalue weighted by Gasteiger charge is -2.06. The highest BCUT2D eigenvalue weighted by Gasteiger charge is 2.22. The summed E-state index contributed by atoms with van der Waals surface area (Å²) < 4.78 is 15.7. The normalized spacial score (nSPS) is 10.6. The molecule has 0 N–H and O–H groups in total. The van der Waals surface area contributed by atoms with Crippen LogP contribution in [0.2, 0.25) is 0 Å². The van der Waals surface area contributed by atoms with E-state index in [9.17, 15) is 9.18 Å². The zero-order valence-corrected chi connectivity index (χ0v) is 11.3. The second-order valence-corrected chi connectivity index (χ2v) is 4.58. The van der Waals surface area contributed by atoms with E-state index in [1.165, 1.54) is 24.5 Å². The number of carbonyl (C=O) groups is 1. The summed E-state index contributed by atoms with van der Waals surface area (Å²) in [7, 11) is 0. The molecule has 0 amide bonds. The summed E-state index contributed by atoms with van der Waals surface area (Å²) in [6.07, 6.45) is 3.76. The van der Waals surface area contributed by atoms with Crippen LogP contribution in [0, 0.1) is 5.82 Å². The number of nitrogens with zero attached hydrogens (tertiary/aromatic N) is 3. The monoisotopic (exact) mass is 311 g/mol. The molecule has 0 atom stereocenters. The number of ketones is 1. The molecular weight excluding hydrogens is 301 g/mol. The van der Waals surface area contributed by atoms with Crippen molar-refractivity contribution in [1.82, 2.24) is 14.8 Å². The molecule has 0 aromatic carbocycles. The Morgan fingerprint density at radius 2 is 2.33 bits per heavy atom. The van der Waals surface area contributed by atoms with Gasteiger partial charge in [-0.2, -0.15) is 5.10 Å². The molecule has 0 radical (unpaired) electrons. The van der Waals surface area contributed by atoms with Crippen LogP contribution in [-0.2, 0) is 6.54 Å². The Balaban J connectivity index is 2.46. The summed E-state index contributed by atoms with van der Waals surface area (Å²) in [5, 5.41) is 4.08. The second-order valence-electron chi connectivity index (χ2n) is 3.73. The molecule has 6 heteroatoms. The third-order valence-corrected chi connectivity index (χ3v) is 3.00. The number of aromatic nitrogens is 3. The molecule has 0 spiro atoms. The molecule has 0 bridgehead atoms. The van der Waals surface area contributed by atoms with Crippen molar-refractivity contribution in [2.45, 2.75) is 19.9 Å². The fourth-order valence-electron chi connectivity index (χ4n) is 1.63. The van der Waals surface area contributed by atoms with Gasteiger partial charge in [0, 0.05) is 12.7 Å². The quantitative estimate of drug-likeness (QED) is 0.816. The van der Waals surface area contributed by atoms with Crippen LogP contribution < -0.4 is 0 Å². The van der Waals surface area contributed by atoms with Crippen molar-refractivity contribution in [3.63, 3.8) is 0 Å². The van der Waals surface area contributed by atoms with Gasteiger partial charge in [0.25, 0.3) is 0 Å². The number of halogens is 2. The van der Waals surface area contributed by atoms with E-state index < -0.39 is 11.6 Å². The van der Waals surface area contributed by atoms with Gasteiger partial charge in [-0.1, -0.05) is 6.92 Å². The van der Waals surface area contributed by atoms with Crippen LogP contribution in [0.3, 0.4) is 0 Å². The maximum absolute atomic E-state index is 13.6. The first-order chi connectivity index (χ1) is 8.65. The smallest absolute Gasteiger partial charge is 0.233 e. The minimum Gasteiger partial charge on any atom is -0.285 e. The van der Waals surface area contributed by atoms with Crippen LogP contribution >= 0.6 is 15.9 Å². The Bertz CT molecular complexity index is 582. The third kappa shape index (κ3) is 2.33. The van der Waals surface area contributed by atoms with Gasteiger partial charge in [-0.3, -0.25) is 9.48 Å². The van der Waals surface area contributed by atoms with Crippen molar-refractivity contribution in [2.24, 2.45) is 0 Å². The number of hydrogen-bond donors (Lipinski definition) is 0. The Morgan fingerprint density at radius 3 is 3.00 bits per heavy atom. The van der Waals surface area contributed by atoms with Crippen molar-refractivity contribution < 1.29 is 9.18 Å². The third-order valence-electron chi connectivity index (χ3n) is 2.42. The summed E-state index contributed by atoms with van der Waals surface area (Å²) >= 11 is 3.26. The van der Waals surface area contributed by atoms with E-state index in [1.54, 1.807) is 4.68 Å². The fourth-order valence-corrected chi connectivity index (χ4v) is 2.11. The van der Waals surface area contributed by atoms with E-state index in [2.05, 4.69) is 26.0 Å². The zero-order chi connectivity index (χ0) is 13.1.